The minimum Gasteiger partial charge on any atom is -0.437 e. The molecule has 2 aromatic carbocycles. The van der Waals surface area contributed by atoms with Gasteiger partial charge in [0, 0.05) is 66.4 Å². The number of halogens is 3. The summed E-state index contributed by atoms with van der Waals surface area (Å²) in [6, 6.07) is 18.5. The van der Waals surface area contributed by atoms with Crippen LogP contribution in [0, 0.1) is 18.7 Å². The zero-order valence-electron chi connectivity index (χ0n) is 28.9. The first kappa shape index (κ1) is 36.2. The average Bonchev–Trinajstić information content (AvgIpc) is 3.62. The van der Waals surface area contributed by atoms with Crippen LogP contribution >= 0.6 is 11.3 Å². The summed E-state index contributed by atoms with van der Waals surface area (Å²) in [6.07, 6.45) is 4.62. The van der Waals surface area contributed by atoms with Crippen LogP contribution in [0.25, 0.3) is 10.6 Å². The molecule has 1 amide bonds. The Morgan fingerprint density at radius 3 is 2.53 bits per heavy atom. The molecular formula is C38H38F3N7O4S. The van der Waals surface area contributed by atoms with E-state index < -0.39 is 59.9 Å². The number of nitrogen functional groups attached to an aromatic ring is 1. The van der Waals surface area contributed by atoms with Crippen molar-refractivity contribution in [2.45, 2.75) is 50.3 Å². The van der Waals surface area contributed by atoms with E-state index in [-0.39, 0.29) is 24.1 Å². The molecule has 2 aliphatic rings. The van der Waals surface area contributed by atoms with E-state index in [0.717, 1.165) is 54.6 Å². The fourth-order valence-electron chi connectivity index (χ4n) is 6.99. The minimum atomic E-state index is -3.77. The van der Waals surface area contributed by atoms with E-state index in [4.69, 9.17) is 10.5 Å². The molecule has 7 rings (SSSR count). The molecule has 2 fully saturated rings. The van der Waals surface area contributed by atoms with Gasteiger partial charge in [-0.05, 0) is 61.9 Å². The third-order valence-corrected chi connectivity index (χ3v) is 11.0. The minimum absolute atomic E-state index is 0.131. The van der Waals surface area contributed by atoms with E-state index in [1.807, 2.05) is 61.8 Å². The number of aromatic nitrogens is 4. The van der Waals surface area contributed by atoms with Gasteiger partial charge in [0.2, 0.25) is 11.8 Å². The Morgan fingerprint density at radius 1 is 1.04 bits per heavy atom. The number of anilines is 1. The Hall–Kier alpha value is -5.12. The van der Waals surface area contributed by atoms with Gasteiger partial charge in [-0.1, -0.05) is 30.3 Å². The number of thiazole rings is 1. The molecule has 0 saturated carbocycles. The molecule has 5 aromatic rings. The van der Waals surface area contributed by atoms with Gasteiger partial charge in [-0.15, -0.1) is 11.3 Å². The molecule has 5 heterocycles. The van der Waals surface area contributed by atoms with Crippen LogP contribution in [-0.4, -0.2) is 78.0 Å². The van der Waals surface area contributed by atoms with Crippen LogP contribution in [0.5, 0.6) is 11.6 Å². The monoisotopic (exact) mass is 745 g/mol. The summed E-state index contributed by atoms with van der Waals surface area (Å²) in [6.45, 7) is 1.76. The number of aryl methyl sites for hydroxylation is 1. The van der Waals surface area contributed by atoms with Crippen molar-refractivity contribution < 1.29 is 27.8 Å². The molecule has 2 saturated heterocycles. The van der Waals surface area contributed by atoms with Gasteiger partial charge in [-0.2, -0.15) is 0 Å². The van der Waals surface area contributed by atoms with Crippen molar-refractivity contribution in [2.24, 2.45) is 5.92 Å². The second-order valence-corrected chi connectivity index (χ2v) is 14.8. The van der Waals surface area contributed by atoms with Crippen LogP contribution in [-0.2, 0) is 17.9 Å². The van der Waals surface area contributed by atoms with E-state index >= 15 is 8.78 Å². The SMILES string of the molecule is Cc1ccc(-c2ncc(CN3CC[C@@H](C(=O)N4CC[C@](O)(Cn5cnc(Oc6ccc(F)cc6)c(N)c5=O)C(F)(F)C4)[C@H](c4ccccc4)C3)s2)cn1. The summed E-state index contributed by atoms with van der Waals surface area (Å²) >= 11 is 1.59. The largest absolute Gasteiger partial charge is 0.437 e. The Kier molecular flexibility index (Phi) is 10.1. The van der Waals surface area contributed by atoms with Crippen LogP contribution in [0.2, 0.25) is 0 Å². The molecule has 3 atom stereocenters. The highest BCUT2D eigenvalue weighted by Crippen LogP contribution is 2.41. The normalized spacial score (nSPS) is 21.7. The van der Waals surface area contributed by atoms with Crippen LogP contribution in [0.15, 0.2) is 90.2 Å². The zero-order chi connectivity index (χ0) is 37.3. The summed E-state index contributed by atoms with van der Waals surface area (Å²) in [7, 11) is 0. The maximum absolute atomic E-state index is 15.9. The Morgan fingerprint density at radius 2 is 1.81 bits per heavy atom. The first-order chi connectivity index (χ1) is 25.4. The molecule has 0 bridgehead atoms. The number of aliphatic hydroxyl groups is 1. The summed E-state index contributed by atoms with van der Waals surface area (Å²) in [5.74, 6) is -5.57. The fraction of sp³-hybridized carbons (Fsp3) is 0.342. The molecule has 0 radical (unpaired) electrons. The third-order valence-electron chi connectivity index (χ3n) is 10.0. The predicted molar refractivity (Wildman–Crippen MR) is 193 cm³/mol. The topological polar surface area (TPSA) is 140 Å². The van der Waals surface area contributed by atoms with Crippen LogP contribution in [0.4, 0.5) is 18.9 Å². The van der Waals surface area contributed by atoms with E-state index in [9.17, 15) is 19.1 Å². The number of benzene rings is 2. The molecule has 11 nitrogen and oxygen atoms in total. The van der Waals surface area contributed by atoms with E-state index in [1.54, 1.807) is 11.3 Å². The van der Waals surface area contributed by atoms with Crippen molar-refractivity contribution in [3.8, 4) is 22.2 Å². The fourth-order valence-corrected chi connectivity index (χ4v) is 7.94. The van der Waals surface area contributed by atoms with Gasteiger partial charge < -0.3 is 20.5 Å². The second-order valence-electron chi connectivity index (χ2n) is 13.7. The van der Waals surface area contributed by atoms with Gasteiger partial charge in [0.05, 0.1) is 13.1 Å². The highest BCUT2D eigenvalue weighted by atomic mass is 32.1. The number of rotatable bonds is 9. The first-order valence-corrected chi connectivity index (χ1v) is 18.0. The molecule has 276 valence electrons. The maximum atomic E-state index is 15.9. The Balaban J connectivity index is 1.03. The van der Waals surface area contributed by atoms with Crippen LogP contribution in [0.1, 0.15) is 34.9 Å². The van der Waals surface area contributed by atoms with E-state index in [0.29, 0.717) is 26.1 Å². The number of alkyl halides is 2. The number of piperidine rings is 2. The quantitative estimate of drug-likeness (QED) is 0.201. The summed E-state index contributed by atoms with van der Waals surface area (Å²) in [5.41, 5.74) is 4.75. The number of hydrogen-bond acceptors (Lipinski definition) is 10. The lowest BCUT2D eigenvalue weighted by molar-refractivity contribution is -0.223. The van der Waals surface area contributed by atoms with E-state index in [2.05, 4.69) is 19.9 Å². The number of nitrogens with two attached hydrogens (primary N) is 1. The Labute approximate surface area is 307 Å². The molecule has 2 aliphatic heterocycles. The summed E-state index contributed by atoms with van der Waals surface area (Å²) in [5, 5.41) is 12.2. The van der Waals surface area contributed by atoms with Gasteiger partial charge in [-0.3, -0.25) is 24.0 Å². The lowest BCUT2D eigenvalue weighted by atomic mass is 9.78. The molecule has 3 aromatic heterocycles. The lowest BCUT2D eigenvalue weighted by Gasteiger charge is -2.46. The third kappa shape index (κ3) is 7.68. The molecule has 0 aliphatic carbocycles. The van der Waals surface area contributed by atoms with Crippen molar-refractivity contribution >= 4 is 22.9 Å². The molecule has 53 heavy (non-hydrogen) atoms. The number of carbonyl (C=O) groups excluding carboxylic acids is 1. The van der Waals surface area contributed by atoms with Gasteiger partial charge in [0.1, 0.15) is 28.5 Å². The summed E-state index contributed by atoms with van der Waals surface area (Å²) in [4.78, 5) is 44.6. The molecule has 3 N–H and O–H groups in total. The molecule has 0 spiro atoms. The maximum Gasteiger partial charge on any atom is 0.295 e. The van der Waals surface area contributed by atoms with Crippen molar-refractivity contribution in [1.29, 1.82) is 0 Å². The second kappa shape index (κ2) is 14.7. The van der Waals surface area contributed by atoms with Gasteiger partial charge in [0.15, 0.2) is 5.69 Å². The van der Waals surface area contributed by atoms with E-state index in [1.165, 1.54) is 12.1 Å². The number of hydrogen-bond donors (Lipinski definition) is 2. The number of nitrogens with zero attached hydrogens (tertiary/aromatic N) is 6. The van der Waals surface area contributed by atoms with Crippen molar-refractivity contribution in [1.82, 2.24) is 29.3 Å². The van der Waals surface area contributed by atoms with Crippen LogP contribution < -0.4 is 16.0 Å². The molecular weight excluding hydrogens is 708 g/mol. The van der Waals surface area contributed by atoms with Crippen molar-refractivity contribution in [3.05, 3.63) is 118 Å². The number of amides is 1. The number of likely N-dealkylation sites (tertiary alicyclic amines) is 2. The first-order valence-electron chi connectivity index (χ1n) is 17.2. The smallest absolute Gasteiger partial charge is 0.295 e. The number of pyridine rings is 1. The highest BCUT2D eigenvalue weighted by molar-refractivity contribution is 7.15. The summed E-state index contributed by atoms with van der Waals surface area (Å²) < 4.78 is 51.4. The Bertz CT molecular complexity index is 2130. The van der Waals surface area contributed by atoms with Crippen LogP contribution in [0.3, 0.4) is 0 Å². The zero-order valence-corrected chi connectivity index (χ0v) is 29.7. The van der Waals surface area contributed by atoms with Crippen molar-refractivity contribution in [2.75, 3.05) is 31.9 Å². The van der Waals surface area contributed by atoms with Gasteiger partial charge in [-0.25, -0.2) is 23.1 Å². The predicted octanol–water partition coefficient (Wildman–Crippen LogP) is 5.49. The molecule has 15 heteroatoms. The number of ether oxygens (including phenoxy) is 1. The van der Waals surface area contributed by atoms with Gasteiger partial charge in [0.25, 0.3) is 11.5 Å². The average molecular weight is 746 g/mol. The lowest BCUT2D eigenvalue weighted by Crippen LogP contribution is -2.64. The van der Waals surface area contributed by atoms with Crippen molar-refractivity contribution in [3.63, 3.8) is 0 Å². The van der Waals surface area contributed by atoms with Gasteiger partial charge >= 0.3 is 0 Å². The standard InChI is InChI=1S/C38H38F3N7O4S/c1-24-7-8-26(17-43-24)34-44-18-29(53-34)19-46-15-13-30(31(20-46)25-5-3-2-4-6-25)35(49)47-16-14-37(51,38(40,41)22-47)21-48-23-45-33(32(42)36(48)50)52-28-11-9-27(39)10-12-28/h2-12,17-18,23,30-31,51H,13-16,19-22,42H2,1H3/t30-,31+,37+/m1/s1. The number of carbonyl (C=O) groups is 1. The highest BCUT2D eigenvalue weighted by Gasteiger charge is 2.57. The molecule has 0 unspecified atom stereocenters.